The van der Waals surface area contributed by atoms with Crippen molar-refractivity contribution in [2.45, 2.75) is 0 Å². The van der Waals surface area contributed by atoms with E-state index >= 15 is 0 Å². The summed E-state index contributed by atoms with van der Waals surface area (Å²) in [5.41, 5.74) is 0. The lowest BCUT2D eigenvalue weighted by molar-refractivity contribution is -0.810. The second-order valence-electron chi connectivity index (χ2n) is 2.66. The van der Waals surface area contributed by atoms with Gasteiger partial charge in [-0.3, -0.25) is 0 Å². The topological polar surface area (TPSA) is 67.6 Å². The number of hydrogen-bond acceptors (Lipinski definition) is 4. The summed E-state index contributed by atoms with van der Waals surface area (Å²) in [5.74, 6) is 12.3. The first-order chi connectivity index (χ1) is 5.22. The molecule has 0 aliphatic carbocycles. The van der Waals surface area contributed by atoms with Gasteiger partial charge in [-0.1, -0.05) is 0 Å². The Labute approximate surface area is 64.4 Å². The van der Waals surface area contributed by atoms with E-state index in [1.165, 1.54) is 5.01 Å². The van der Waals surface area contributed by atoms with Gasteiger partial charge in [0, 0.05) is 6.20 Å². The van der Waals surface area contributed by atoms with Crippen molar-refractivity contribution >= 4 is 6.34 Å². The number of fused-ring (bicyclic) bond motifs is 1. The molecule has 0 aromatic heterocycles. The summed E-state index contributed by atoms with van der Waals surface area (Å²) >= 11 is 0. The summed E-state index contributed by atoms with van der Waals surface area (Å²) in [6, 6.07) is 0. The van der Waals surface area contributed by atoms with Crippen LogP contribution in [0.1, 0.15) is 0 Å². The predicted molar refractivity (Wildman–Crippen MR) is 41.1 cm³/mol. The molecule has 0 spiro atoms. The Morgan fingerprint density at radius 1 is 1.64 bits per heavy atom. The normalized spacial score (nSPS) is 34.0. The molecular formula is C6H10N5+. The van der Waals surface area contributed by atoms with Crippen molar-refractivity contribution in [2.24, 2.45) is 16.7 Å². The molecule has 5 heteroatoms. The lowest BCUT2D eigenvalue weighted by Crippen LogP contribution is -2.57. The first kappa shape index (κ1) is 6.53. The van der Waals surface area contributed by atoms with Crippen molar-refractivity contribution in [1.29, 1.82) is 0 Å². The van der Waals surface area contributed by atoms with Crippen LogP contribution in [0.15, 0.2) is 29.3 Å². The maximum atomic E-state index is 5.90. The van der Waals surface area contributed by atoms with E-state index in [9.17, 15) is 0 Å². The van der Waals surface area contributed by atoms with Gasteiger partial charge in [0.1, 0.15) is 12.7 Å². The summed E-state index contributed by atoms with van der Waals surface area (Å²) in [5, 5.41) is 1.48. The van der Waals surface area contributed by atoms with Crippen LogP contribution in [0.4, 0.5) is 0 Å². The number of quaternary nitrogens is 1. The molecule has 0 fully saturated rings. The van der Waals surface area contributed by atoms with Gasteiger partial charge >= 0.3 is 0 Å². The monoisotopic (exact) mass is 152 g/mol. The van der Waals surface area contributed by atoms with E-state index < -0.39 is 0 Å². The Kier molecular flexibility index (Phi) is 1.14. The zero-order valence-corrected chi connectivity index (χ0v) is 6.01. The first-order valence-electron chi connectivity index (χ1n) is 3.34. The number of nitrogens with zero attached hydrogens (tertiary/aromatic N) is 3. The molecule has 4 N–H and O–H groups in total. The number of hydrogen-bond donors (Lipinski definition) is 2. The Hall–Kier alpha value is -1.17. The molecule has 2 aliphatic rings. The van der Waals surface area contributed by atoms with Crippen molar-refractivity contribution in [3.8, 4) is 0 Å². The van der Waals surface area contributed by atoms with Crippen LogP contribution in [-0.4, -0.2) is 22.5 Å². The molecule has 2 rings (SSSR count). The fourth-order valence-corrected chi connectivity index (χ4v) is 1.22. The van der Waals surface area contributed by atoms with E-state index in [0.717, 1.165) is 5.82 Å². The van der Waals surface area contributed by atoms with Gasteiger partial charge in [-0.15, -0.1) is 0 Å². The highest BCUT2D eigenvalue weighted by molar-refractivity contribution is 5.52. The van der Waals surface area contributed by atoms with Gasteiger partial charge in [-0.25, -0.2) is 15.8 Å². The van der Waals surface area contributed by atoms with E-state index in [2.05, 4.69) is 4.99 Å². The molecule has 2 heterocycles. The molecule has 1 unspecified atom stereocenters. The van der Waals surface area contributed by atoms with Gasteiger partial charge < -0.3 is 0 Å². The summed E-state index contributed by atoms with van der Waals surface area (Å²) in [7, 11) is 0. The molecule has 0 saturated heterocycles. The van der Waals surface area contributed by atoms with Crippen molar-refractivity contribution < 1.29 is 4.59 Å². The minimum absolute atomic E-state index is 0.187. The fraction of sp³-hybridized carbons (Fsp3) is 0.167. The Morgan fingerprint density at radius 2 is 2.45 bits per heavy atom. The molecule has 0 radical (unpaired) electrons. The highest BCUT2D eigenvalue weighted by atomic mass is 15.7. The highest BCUT2D eigenvalue weighted by Gasteiger charge is 2.35. The Bertz CT molecular complexity index is 266. The molecule has 0 aromatic carbocycles. The molecule has 5 nitrogen and oxygen atoms in total. The maximum absolute atomic E-state index is 5.90. The van der Waals surface area contributed by atoms with Gasteiger partial charge in [0.2, 0.25) is 6.34 Å². The van der Waals surface area contributed by atoms with Gasteiger partial charge in [0.25, 0.3) is 5.82 Å². The molecular weight excluding hydrogens is 142 g/mol. The van der Waals surface area contributed by atoms with Crippen LogP contribution in [0.2, 0.25) is 0 Å². The summed E-state index contributed by atoms with van der Waals surface area (Å²) in [6.45, 7) is 0.711. The van der Waals surface area contributed by atoms with Crippen molar-refractivity contribution in [2.75, 3.05) is 6.54 Å². The molecule has 11 heavy (non-hydrogen) atoms. The average Bonchev–Trinajstić information content (AvgIpc) is 2.31. The molecule has 1 atom stereocenters. The van der Waals surface area contributed by atoms with Crippen LogP contribution in [0, 0.1) is 0 Å². The van der Waals surface area contributed by atoms with Crippen LogP contribution >= 0.6 is 0 Å². The van der Waals surface area contributed by atoms with E-state index in [4.69, 9.17) is 11.7 Å². The standard InChI is InChI=1S/C6H10N5/c7-10-2-1-3-11(8)5-9-4-6(10)11/h1-2,4-5H,3,7-8H2/q+1. The van der Waals surface area contributed by atoms with Crippen molar-refractivity contribution in [3.63, 3.8) is 0 Å². The quantitative estimate of drug-likeness (QED) is 0.353. The lowest BCUT2D eigenvalue weighted by Gasteiger charge is -2.31. The van der Waals surface area contributed by atoms with Crippen LogP contribution < -0.4 is 11.7 Å². The average molecular weight is 152 g/mol. The van der Waals surface area contributed by atoms with Crippen LogP contribution in [-0.2, 0) is 0 Å². The third-order valence-electron chi connectivity index (χ3n) is 1.83. The van der Waals surface area contributed by atoms with Gasteiger partial charge in [0.05, 0.1) is 0 Å². The smallest absolute Gasteiger partial charge is 0.239 e. The number of hydrazine groups is 1. The van der Waals surface area contributed by atoms with Crippen molar-refractivity contribution in [3.05, 3.63) is 24.3 Å². The Morgan fingerprint density at radius 3 is 3.18 bits per heavy atom. The van der Waals surface area contributed by atoms with Crippen LogP contribution in [0.25, 0.3) is 0 Å². The summed E-state index contributed by atoms with van der Waals surface area (Å²) in [6.07, 6.45) is 7.03. The molecule has 2 aliphatic heterocycles. The van der Waals surface area contributed by atoms with Gasteiger partial charge in [-0.05, 0) is 6.08 Å². The summed E-state index contributed by atoms with van der Waals surface area (Å²) in [4.78, 5) is 3.95. The predicted octanol–water partition coefficient (Wildman–Crippen LogP) is -0.779. The maximum Gasteiger partial charge on any atom is 0.266 e. The van der Waals surface area contributed by atoms with E-state index in [1.807, 2.05) is 6.08 Å². The number of aliphatic imine (C=N–C) groups is 1. The number of rotatable bonds is 0. The van der Waals surface area contributed by atoms with Crippen molar-refractivity contribution in [1.82, 2.24) is 5.01 Å². The fourth-order valence-electron chi connectivity index (χ4n) is 1.22. The molecule has 0 bridgehead atoms. The van der Waals surface area contributed by atoms with Crippen LogP contribution in [0.5, 0.6) is 0 Å². The zero-order valence-electron chi connectivity index (χ0n) is 6.01. The molecule has 0 aromatic rings. The van der Waals surface area contributed by atoms with Gasteiger partial charge in [-0.2, -0.15) is 10.4 Å². The minimum atomic E-state index is 0.187. The van der Waals surface area contributed by atoms with E-state index in [0.29, 0.717) is 6.54 Å². The Balaban J connectivity index is 2.42. The lowest BCUT2D eigenvalue weighted by atomic mass is 10.4. The second-order valence-corrected chi connectivity index (χ2v) is 2.66. The van der Waals surface area contributed by atoms with Gasteiger partial charge in [0.15, 0.2) is 0 Å². The summed E-state index contributed by atoms with van der Waals surface area (Å²) < 4.78 is 0.187. The van der Waals surface area contributed by atoms with Crippen LogP contribution in [0.3, 0.4) is 0 Å². The zero-order chi connectivity index (χ0) is 7.90. The second kappa shape index (κ2) is 1.91. The van der Waals surface area contributed by atoms with E-state index in [-0.39, 0.29) is 4.59 Å². The minimum Gasteiger partial charge on any atom is -0.239 e. The van der Waals surface area contributed by atoms with E-state index in [1.54, 1.807) is 18.7 Å². The SMILES string of the molecule is NN1C=CC[N+]2(N)C=NC=C12. The number of nitrogens with two attached hydrogens (primary N) is 2. The third-order valence-corrected chi connectivity index (χ3v) is 1.83. The highest BCUT2D eigenvalue weighted by Crippen LogP contribution is 2.20. The molecule has 0 saturated carbocycles. The first-order valence-corrected chi connectivity index (χ1v) is 3.34. The third kappa shape index (κ3) is 0.790. The molecule has 0 amide bonds. The molecule has 58 valence electrons. The largest absolute Gasteiger partial charge is 0.266 e.